The standard InChI is InChI=1S/C23H21NO2/c1-16-6-4-8-18(9-5-7-16)19-10-11-22-20(13-19)14-21(15-24-22)17(2)12-23(25)26-3/h4-15H,1-3H3. The van der Waals surface area contributed by atoms with Crippen LogP contribution in [0.4, 0.5) is 0 Å². The van der Waals surface area contributed by atoms with E-state index in [0.717, 1.165) is 33.2 Å². The van der Waals surface area contributed by atoms with Crippen LogP contribution in [-0.2, 0) is 9.53 Å². The summed E-state index contributed by atoms with van der Waals surface area (Å²) in [5.41, 5.74) is 6.13. The van der Waals surface area contributed by atoms with Gasteiger partial charge in [-0.1, -0.05) is 48.1 Å². The maximum absolute atomic E-state index is 11.5. The second kappa shape index (κ2) is 7.79. The Hall–Kier alpha value is -3.20. The van der Waals surface area contributed by atoms with Gasteiger partial charge in [0.1, 0.15) is 0 Å². The largest absolute Gasteiger partial charge is 0.466 e. The molecule has 26 heavy (non-hydrogen) atoms. The molecule has 0 saturated carbocycles. The van der Waals surface area contributed by atoms with Crippen LogP contribution in [0.5, 0.6) is 0 Å². The van der Waals surface area contributed by atoms with Crippen molar-refractivity contribution in [2.75, 3.05) is 7.11 Å². The molecule has 3 heteroatoms. The molecule has 0 aliphatic heterocycles. The fourth-order valence-electron chi connectivity index (χ4n) is 2.76. The highest BCUT2D eigenvalue weighted by Crippen LogP contribution is 2.25. The molecule has 0 spiro atoms. The first-order valence-electron chi connectivity index (χ1n) is 8.47. The van der Waals surface area contributed by atoms with Gasteiger partial charge in [0.2, 0.25) is 0 Å². The molecule has 2 aromatic rings. The summed E-state index contributed by atoms with van der Waals surface area (Å²) in [6, 6.07) is 8.27. The van der Waals surface area contributed by atoms with E-state index in [0.29, 0.717) is 0 Å². The van der Waals surface area contributed by atoms with E-state index in [1.165, 1.54) is 18.8 Å². The summed E-state index contributed by atoms with van der Waals surface area (Å²) in [6.07, 6.45) is 15.8. The maximum Gasteiger partial charge on any atom is 0.330 e. The van der Waals surface area contributed by atoms with Crippen LogP contribution in [0, 0.1) is 0 Å². The number of benzene rings is 1. The van der Waals surface area contributed by atoms with Gasteiger partial charge in [0.05, 0.1) is 12.6 Å². The highest BCUT2D eigenvalue weighted by molar-refractivity contribution is 5.93. The number of hydrogen-bond donors (Lipinski definition) is 0. The molecule has 1 aliphatic rings. The third kappa shape index (κ3) is 4.06. The molecule has 0 atom stereocenters. The number of nitrogens with zero attached hydrogens (tertiary/aromatic N) is 1. The highest BCUT2D eigenvalue weighted by Gasteiger charge is 2.05. The van der Waals surface area contributed by atoms with Crippen molar-refractivity contribution in [3.8, 4) is 0 Å². The predicted molar refractivity (Wildman–Crippen MR) is 107 cm³/mol. The van der Waals surface area contributed by atoms with Gasteiger partial charge in [-0.25, -0.2) is 4.79 Å². The number of ether oxygens (including phenoxy) is 1. The second-order valence-corrected chi connectivity index (χ2v) is 6.23. The lowest BCUT2D eigenvalue weighted by Gasteiger charge is -2.07. The SMILES string of the molecule is COC(=O)C=C(C)c1cnc2ccc(C3=CC=CC(C)=CC=C3)cc2c1. The summed E-state index contributed by atoms with van der Waals surface area (Å²) in [7, 11) is 1.37. The first-order chi connectivity index (χ1) is 12.6. The lowest BCUT2D eigenvalue weighted by molar-refractivity contribution is -0.134. The van der Waals surface area contributed by atoms with Gasteiger partial charge in [0.15, 0.2) is 0 Å². The number of carbonyl (C=O) groups is 1. The minimum Gasteiger partial charge on any atom is -0.466 e. The van der Waals surface area contributed by atoms with Crippen LogP contribution < -0.4 is 0 Å². The summed E-state index contributed by atoms with van der Waals surface area (Å²) >= 11 is 0. The van der Waals surface area contributed by atoms with Crippen LogP contribution in [0.1, 0.15) is 25.0 Å². The van der Waals surface area contributed by atoms with E-state index in [1.807, 2.05) is 19.1 Å². The maximum atomic E-state index is 11.5. The van der Waals surface area contributed by atoms with E-state index >= 15 is 0 Å². The monoisotopic (exact) mass is 343 g/mol. The number of allylic oxidation sites excluding steroid dienone is 9. The van der Waals surface area contributed by atoms with Crippen LogP contribution in [0.2, 0.25) is 0 Å². The van der Waals surface area contributed by atoms with Crippen molar-refractivity contribution in [2.24, 2.45) is 0 Å². The van der Waals surface area contributed by atoms with Crippen molar-refractivity contribution >= 4 is 28.0 Å². The molecule has 130 valence electrons. The van der Waals surface area contributed by atoms with E-state index in [1.54, 1.807) is 6.20 Å². The fourth-order valence-corrected chi connectivity index (χ4v) is 2.76. The molecule has 0 fully saturated rings. The molecule has 0 unspecified atom stereocenters. The minimum atomic E-state index is -0.365. The minimum absolute atomic E-state index is 0.365. The molecule has 3 rings (SSSR count). The van der Waals surface area contributed by atoms with Gasteiger partial charge in [-0.15, -0.1) is 0 Å². The topological polar surface area (TPSA) is 39.2 Å². The summed E-state index contributed by atoms with van der Waals surface area (Å²) < 4.78 is 4.70. The molecule has 1 aromatic carbocycles. The molecule has 3 nitrogen and oxygen atoms in total. The Morgan fingerprint density at radius 1 is 1.12 bits per heavy atom. The summed E-state index contributed by atoms with van der Waals surface area (Å²) in [4.78, 5) is 16.0. The van der Waals surface area contributed by atoms with E-state index in [9.17, 15) is 4.79 Å². The molecule has 0 saturated heterocycles. The molecule has 0 N–H and O–H groups in total. The number of aromatic nitrogens is 1. The molecule has 1 heterocycles. The van der Waals surface area contributed by atoms with Crippen LogP contribution in [0.3, 0.4) is 0 Å². The zero-order chi connectivity index (χ0) is 18.5. The smallest absolute Gasteiger partial charge is 0.330 e. The number of methoxy groups -OCH3 is 1. The Kier molecular flexibility index (Phi) is 5.28. The molecular formula is C23H21NO2. The van der Waals surface area contributed by atoms with Gasteiger partial charge in [0, 0.05) is 17.7 Å². The Morgan fingerprint density at radius 2 is 1.92 bits per heavy atom. The Morgan fingerprint density at radius 3 is 2.73 bits per heavy atom. The lowest BCUT2D eigenvalue weighted by Crippen LogP contribution is -1.96. The zero-order valence-corrected chi connectivity index (χ0v) is 15.2. The predicted octanol–water partition coefficient (Wildman–Crippen LogP) is 5.27. The number of carbonyl (C=O) groups excluding carboxylic acids is 1. The van der Waals surface area contributed by atoms with E-state index in [4.69, 9.17) is 4.74 Å². The van der Waals surface area contributed by atoms with E-state index < -0.39 is 0 Å². The van der Waals surface area contributed by atoms with Crippen LogP contribution in [0.15, 0.2) is 78.6 Å². The lowest BCUT2D eigenvalue weighted by atomic mass is 9.99. The third-order valence-electron chi connectivity index (χ3n) is 4.28. The first-order valence-corrected chi connectivity index (χ1v) is 8.47. The average molecular weight is 343 g/mol. The van der Waals surface area contributed by atoms with Gasteiger partial charge >= 0.3 is 5.97 Å². The van der Waals surface area contributed by atoms with Crippen molar-refractivity contribution in [1.82, 2.24) is 4.98 Å². The van der Waals surface area contributed by atoms with Crippen LogP contribution in [0.25, 0.3) is 22.0 Å². The van der Waals surface area contributed by atoms with Gasteiger partial charge in [0.25, 0.3) is 0 Å². The molecule has 1 aliphatic carbocycles. The van der Waals surface area contributed by atoms with E-state index in [2.05, 4.69) is 60.5 Å². The molecule has 0 radical (unpaired) electrons. The molecule has 0 amide bonds. The highest BCUT2D eigenvalue weighted by atomic mass is 16.5. The normalized spacial score (nSPS) is 14.5. The Balaban J connectivity index is 2.00. The zero-order valence-electron chi connectivity index (χ0n) is 15.2. The van der Waals surface area contributed by atoms with Crippen molar-refractivity contribution in [1.29, 1.82) is 0 Å². The second-order valence-electron chi connectivity index (χ2n) is 6.23. The molecule has 0 bridgehead atoms. The van der Waals surface area contributed by atoms with Crippen molar-refractivity contribution in [3.63, 3.8) is 0 Å². The first kappa shape index (κ1) is 17.6. The number of pyridine rings is 1. The van der Waals surface area contributed by atoms with Gasteiger partial charge in [-0.3, -0.25) is 4.98 Å². The number of hydrogen-bond acceptors (Lipinski definition) is 3. The van der Waals surface area contributed by atoms with Gasteiger partial charge < -0.3 is 4.74 Å². The van der Waals surface area contributed by atoms with Crippen molar-refractivity contribution < 1.29 is 9.53 Å². The van der Waals surface area contributed by atoms with Gasteiger partial charge in [-0.2, -0.15) is 0 Å². The van der Waals surface area contributed by atoms with Crippen molar-refractivity contribution in [2.45, 2.75) is 13.8 Å². The third-order valence-corrected chi connectivity index (χ3v) is 4.28. The summed E-state index contributed by atoms with van der Waals surface area (Å²) in [5.74, 6) is -0.365. The Labute approximate surface area is 153 Å². The van der Waals surface area contributed by atoms with Crippen LogP contribution in [-0.4, -0.2) is 18.1 Å². The average Bonchev–Trinajstić information content (AvgIpc) is 2.63. The number of fused-ring (bicyclic) bond motifs is 1. The van der Waals surface area contributed by atoms with Crippen LogP contribution >= 0.6 is 0 Å². The molecule has 1 aromatic heterocycles. The Bertz CT molecular complexity index is 1000. The van der Waals surface area contributed by atoms with E-state index in [-0.39, 0.29) is 5.97 Å². The summed E-state index contributed by atoms with van der Waals surface area (Å²) in [6.45, 7) is 3.95. The molecular weight excluding hydrogens is 322 g/mol. The quantitative estimate of drug-likeness (QED) is 0.563. The number of rotatable bonds is 3. The fraction of sp³-hybridized carbons (Fsp3) is 0.130. The number of esters is 1. The van der Waals surface area contributed by atoms with Crippen molar-refractivity contribution in [3.05, 3.63) is 89.7 Å². The summed E-state index contributed by atoms with van der Waals surface area (Å²) in [5, 5.41) is 1.03. The van der Waals surface area contributed by atoms with Gasteiger partial charge in [-0.05, 0) is 54.3 Å².